The Morgan fingerprint density at radius 1 is 1.16 bits per heavy atom. The Labute approximate surface area is 123 Å². The average Bonchev–Trinajstić information content (AvgIpc) is 3.26. The zero-order valence-electron chi connectivity index (χ0n) is 10.7. The molecule has 19 heavy (non-hydrogen) atoms. The van der Waals surface area contributed by atoms with E-state index in [0.29, 0.717) is 15.8 Å². The molecule has 1 heterocycles. The lowest BCUT2D eigenvalue weighted by Gasteiger charge is -2.37. The maximum atomic E-state index is 12.8. The Hall–Kier alpha value is -0.570. The van der Waals surface area contributed by atoms with Gasteiger partial charge in [-0.2, -0.15) is 0 Å². The molecule has 0 spiro atoms. The van der Waals surface area contributed by atoms with Crippen molar-refractivity contribution in [2.24, 2.45) is 5.92 Å². The number of hydrogen-bond acceptors (Lipinski definition) is 2. The van der Waals surface area contributed by atoms with Gasteiger partial charge >= 0.3 is 0 Å². The number of nitrogens with one attached hydrogen (secondary N) is 1. The molecule has 2 fully saturated rings. The lowest BCUT2D eigenvalue weighted by molar-refractivity contribution is -0.126. The van der Waals surface area contributed by atoms with Crippen LogP contribution in [-0.4, -0.2) is 18.9 Å². The van der Waals surface area contributed by atoms with Crippen LogP contribution in [0.4, 0.5) is 0 Å². The first-order chi connectivity index (χ1) is 9.13. The van der Waals surface area contributed by atoms with Crippen LogP contribution in [0.15, 0.2) is 18.2 Å². The molecule has 2 aliphatic rings. The van der Waals surface area contributed by atoms with E-state index in [-0.39, 0.29) is 11.3 Å². The minimum Gasteiger partial charge on any atom is -0.317 e. The van der Waals surface area contributed by atoms with Gasteiger partial charge in [-0.05, 0) is 56.5 Å². The zero-order chi connectivity index (χ0) is 13.5. The predicted molar refractivity (Wildman–Crippen MR) is 78.0 cm³/mol. The van der Waals surface area contributed by atoms with Gasteiger partial charge in [-0.1, -0.05) is 29.3 Å². The molecule has 0 bridgehead atoms. The molecule has 1 saturated heterocycles. The fraction of sp³-hybridized carbons (Fsp3) is 0.533. The molecule has 1 aromatic carbocycles. The fourth-order valence-electron chi connectivity index (χ4n) is 3.06. The number of ketones is 1. The van der Waals surface area contributed by atoms with Crippen molar-refractivity contribution in [1.82, 2.24) is 5.32 Å². The lowest BCUT2D eigenvalue weighted by Crippen LogP contribution is -2.46. The maximum Gasteiger partial charge on any atom is 0.146 e. The van der Waals surface area contributed by atoms with Crippen molar-refractivity contribution in [3.8, 4) is 0 Å². The summed E-state index contributed by atoms with van der Waals surface area (Å²) in [7, 11) is 0. The highest BCUT2D eigenvalue weighted by molar-refractivity contribution is 6.42. The standard InChI is InChI=1S/C15H17Cl2NO/c16-12-4-3-11(9-13(12)17)15(5-7-18-8-6-15)14(19)10-1-2-10/h3-4,9-10,18H,1-2,5-8H2. The van der Waals surface area contributed by atoms with Crippen molar-refractivity contribution in [2.45, 2.75) is 31.1 Å². The zero-order valence-corrected chi connectivity index (χ0v) is 12.2. The number of rotatable bonds is 3. The van der Waals surface area contributed by atoms with Gasteiger partial charge in [0, 0.05) is 5.92 Å². The van der Waals surface area contributed by atoms with E-state index >= 15 is 0 Å². The van der Waals surface area contributed by atoms with Gasteiger partial charge in [0.1, 0.15) is 5.78 Å². The van der Waals surface area contributed by atoms with E-state index in [1.807, 2.05) is 18.2 Å². The topological polar surface area (TPSA) is 29.1 Å². The molecule has 0 amide bonds. The number of benzene rings is 1. The van der Waals surface area contributed by atoms with E-state index in [1.54, 1.807) is 0 Å². The second-order valence-electron chi connectivity index (χ2n) is 5.60. The second kappa shape index (κ2) is 5.08. The van der Waals surface area contributed by atoms with Gasteiger partial charge in [0.2, 0.25) is 0 Å². The Morgan fingerprint density at radius 2 is 1.84 bits per heavy atom. The Balaban J connectivity index is 2.02. The van der Waals surface area contributed by atoms with Gasteiger partial charge in [-0.25, -0.2) is 0 Å². The summed E-state index contributed by atoms with van der Waals surface area (Å²) < 4.78 is 0. The van der Waals surface area contributed by atoms with E-state index in [4.69, 9.17) is 23.2 Å². The summed E-state index contributed by atoms with van der Waals surface area (Å²) in [6.45, 7) is 1.78. The predicted octanol–water partition coefficient (Wildman–Crippen LogP) is 3.59. The summed E-state index contributed by atoms with van der Waals surface area (Å²) in [5, 5.41) is 4.43. The van der Waals surface area contributed by atoms with Gasteiger partial charge in [0.05, 0.1) is 15.5 Å². The maximum absolute atomic E-state index is 12.8. The molecule has 3 rings (SSSR count). The molecule has 1 aliphatic carbocycles. The van der Waals surface area contributed by atoms with Crippen LogP contribution >= 0.6 is 23.2 Å². The first kappa shape index (κ1) is 13.4. The van der Waals surface area contributed by atoms with Crippen molar-refractivity contribution < 1.29 is 4.79 Å². The van der Waals surface area contributed by atoms with E-state index in [2.05, 4.69) is 5.32 Å². The van der Waals surface area contributed by atoms with Crippen LogP contribution in [0.1, 0.15) is 31.2 Å². The van der Waals surface area contributed by atoms with E-state index < -0.39 is 0 Å². The van der Waals surface area contributed by atoms with Gasteiger partial charge < -0.3 is 5.32 Å². The van der Waals surface area contributed by atoms with Crippen molar-refractivity contribution in [2.75, 3.05) is 13.1 Å². The average molecular weight is 298 g/mol. The highest BCUT2D eigenvalue weighted by Gasteiger charge is 2.47. The molecule has 0 aromatic heterocycles. The summed E-state index contributed by atoms with van der Waals surface area (Å²) in [4.78, 5) is 12.8. The first-order valence-electron chi connectivity index (χ1n) is 6.84. The Bertz CT molecular complexity index is 505. The normalized spacial score (nSPS) is 22.2. The van der Waals surface area contributed by atoms with E-state index in [0.717, 1.165) is 44.3 Å². The SMILES string of the molecule is O=C(C1CC1)C1(c2ccc(Cl)c(Cl)c2)CCNCC1. The molecule has 1 aliphatic heterocycles. The van der Waals surface area contributed by atoms with Crippen LogP contribution < -0.4 is 5.32 Å². The smallest absolute Gasteiger partial charge is 0.146 e. The summed E-state index contributed by atoms with van der Waals surface area (Å²) in [6.07, 6.45) is 3.82. The van der Waals surface area contributed by atoms with Crippen molar-refractivity contribution in [3.63, 3.8) is 0 Å². The molecule has 1 aromatic rings. The summed E-state index contributed by atoms with van der Waals surface area (Å²) in [6, 6.07) is 5.67. The summed E-state index contributed by atoms with van der Waals surface area (Å²) >= 11 is 12.1. The molecule has 0 unspecified atom stereocenters. The molecule has 2 nitrogen and oxygen atoms in total. The lowest BCUT2D eigenvalue weighted by atomic mass is 9.69. The van der Waals surface area contributed by atoms with E-state index in [9.17, 15) is 4.79 Å². The third kappa shape index (κ3) is 2.42. The van der Waals surface area contributed by atoms with Gasteiger partial charge in [0.15, 0.2) is 0 Å². The molecule has 4 heteroatoms. The second-order valence-corrected chi connectivity index (χ2v) is 6.41. The number of carbonyl (C=O) groups excluding carboxylic acids is 1. The molecular formula is C15H17Cl2NO. The van der Waals surface area contributed by atoms with Gasteiger partial charge in [0.25, 0.3) is 0 Å². The monoisotopic (exact) mass is 297 g/mol. The molecule has 0 atom stereocenters. The highest BCUT2D eigenvalue weighted by Crippen LogP contribution is 2.44. The minimum absolute atomic E-state index is 0.271. The van der Waals surface area contributed by atoms with Crippen LogP contribution in [0.2, 0.25) is 10.0 Å². The van der Waals surface area contributed by atoms with E-state index in [1.165, 1.54) is 0 Å². The van der Waals surface area contributed by atoms with Gasteiger partial charge in [-0.15, -0.1) is 0 Å². The Kier molecular flexibility index (Phi) is 3.59. The number of halogens is 2. The summed E-state index contributed by atoms with van der Waals surface area (Å²) in [5.74, 6) is 0.681. The van der Waals surface area contributed by atoms with Crippen LogP contribution in [0.3, 0.4) is 0 Å². The molecular weight excluding hydrogens is 281 g/mol. The quantitative estimate of drug-likeness (QED) is 0.924. The fourth-order valence-corrected chi connectivity index (χ4v) is 3.36. The van der Waals surface area contributed by atoms with Crippen LogP contribution in [0.5, 0.6) is 0 Å². The largest absolute Gasteiger partial charge is 0.317 e. The van der Waals surface area contributed by atoms with Crippen LogP contribution in [0.25, 0.3) is 0 Å². The third-order valence-corrected chi connectivity index (χ3v) is 5.09. The number of carbonyl (C=O) groups is 1. The summed E-state index contributed by atoms with van der Waals surface area (Å²) in [5.41, 5.74) is 0.695. The number of Topliss-reactive ketones (excluding diaryl/α,β-unsaturated/α-hetero) is 1. The first-order valence-corrected chi connectivity index (χ1v) is 7.60. The van der Waals surface area contributed by atoms with Crippen LogP contribution in [0, 0.1) is 5.92 Å². The highest BCUT2D eigenvalue weighted by atomic mass is 35.5. The molecule has 0 radical (unpaired) electrons. The Morgan fingerprint density at radius 3 is 2.42 bits per heavy atom. The molecule has 102 valence electrons. The molecule has 1 saturated carbocycles. The van der Waals surface area contributed by atoms with Crippen molar-refractivity contribution in [3.05, 3.63) is 33.8 Å². The van der Waals surface area contributed by atoms with Crippen molar-refractivity contribution >= 4 is 29.0 Å². The number of piperidine rings is 1. The number of hydrogen-bond donors (Lipinski definition) is 1. The van der Waals surface area contributed by atoms with Crippen LogP contribution in [-0.2, 0) is 10.2 Å². The third-order valence-electron chi connectivity index (χ3n) is 4.35. The van der Waals surface area contributed by atoms with Gasteiger partial charge in [-0.3, -0.25) is 4.79 Å². The van der Waals surface area contributed by atoms with Crippen molar-refractivity contribution in [1.29, 1.82) is 0 Å². The minimum atomic E-state index is -0.347. The molecule has 1 N–H and O–H groups in total.